The van der Waals surface area contributed by atoms with Gasteiger partial charge in [-0.15, -0.1) is 0 Å². The van der Waals surface area contributed by atoms with E-state index >= 15 is 0 Å². The molecular formula is C19H20O7. The maximum atomic E-state index is 12.7. The number of phenols is 2. The van der Waals surface area contributed by atoms with Gasteiger partial charge < -0.3 is 29.2 Å². The molecule has 0 spiro atoms. The monoisotopic (exact) mass is 360 g/mol. The molecule has 0 amide bonds. The number of rotatable bonds is 9. The van der Waals surface area contributed by atoms with Gasteiger partial charge in [-0.1, -0.05) is 18.2 Å². The summed E-state index contributed by atoms with van der Waals surface area (Å²) in [6, 6.07) is 8.98. The van der Waals surface area contributed by atoms with E-state index in [0.717, 1.165) is 5.56 Å². The maximum absolute atomic E-state index is 12.7. The molecule has 7 nitrogen and oxygen atoms in total. The van der Waals surface area contributed by atoms with Crippen LogP contribution in [0.1, 0.15) is 15.9 Å². The fraction of sp³-hybridized carbons (Fsp3) is 0.211. The maximum Gasteiger partial charge on any atom is 0.193 e. The summed E-state index contributed by atoms with van der Waals surface area (Å²) in [5.74, 6) is -0.134. The molecule has 0 saturated carbocycles. The zero-order valence-corrected chi connectivity index (χ0v) is 14.5. The van der Waals surface area contributed by atoms with Gasteiger partial charge in [0.1, 0.15) is 28.6 Å². The second-order valence-corrected chi connectivity index (χ2v) is 5.21. The second-order valence-electron chi connectivity index (χ2n) is 5.21. The van der Waals surface area contributed by atoms with E-state index in [1.165, 1.54) is 44.6 Å². The second kappa shape index (κ2) is 9.45. The molecule has 0 aliphatic carbocycles. The Balaban J connectivity index is 2.36. The van der Waals surface area contributed by atoms with Gasteiger partial charge >= 0.3 is 0 Å². The minimum atomic E-state index is -0.393. The number of carbonyl (C=O) groups is 1. The zero-order chi connectivity index (χ0) is 18.9. The molecule has 138 valence electrons. The minimum Gasteiger partial charge on any atom is -0.508 e. The van der Waals surface area contributed by atoms with E-state index in [0.29, 0.717) is 0 Å². The molecule has 0 aromatic heterocycles. The molecule has 0 aliphatic rings. The highest BCUT2D eigenvalue weighted by molar-refractivity contribution is 6.10. The average Bonchev–Trinajstić information content (AvgIpc) is 2.63. The van der Waals surface area contributed by atoms with Gasteiger partial charge in [-0.25, -0.2) is 0 Å². The molecule has 2 aromatic rings. The van der Waals surface area contributed by atoms with Crippen molar-refractivity contribution in [3.8, 4) is 23.0 Å². The molecule has 26 heavy (non-hydrogen) atoms. The highest BCUT2D eigenvalue weighted by Crippen LogP contribution is 2.34. The van der Waals surface area contributed by atoms with E-state index in [1.54, 1.807) is 18.2 Å². The van der Waals surface area contributed by atoms with E-state index in [4.69, 9.17) is 18.9 Å². The van der Waals surface area contributed by atoms with Crippen LogP contribution in [0.4, 0.5) is 0 Å². The number of phenolic OH excluding ortho intramolecular Hbond substituents is 2. The summed E-state index contributed by atoms with van der Waals surface area (Å²) in [6.45, 7) is -0.204. The molecule has 0 heterocycles. The summed E-state index contributed by atoms with van der Waals surface area (Å²) < 4.78 is 20.5. The summed E-state index contributed by atoms with van der Waals surface area (Å²) in [7, 11) is 2.88. The van der Waals surface area contributed by atoms with E-state index < -0.39 is 5.78 Å². The number of benzene rings is 2. The number of allylic oxidation sites excluding steroid dienone is 1. The van der Waals surface area contributed by atoms with Crippen molar-refractivity contribution in [1.29, 1.82) is 0 Å². The lowest BCUT2D eigenvalue weighted by molar-refractivity contribution is 0.0444. The Morgan fingerprint density at radius 3 is 1.96 bits per heavy atom. The fourth-order valence-electron chi connectivity index (χ4n) is 2.13. The largest absolute Gasteiger partial charge is 0.508 e. The lowest BCUT2D eigenvalue weighted by Crippen LogP contribution is -2.09. The van der Waals surface area contributed by atoms with Crippen LogP contribution < -0.4 is 9.47 Å². The third-order valence-corrected chi connectivity index (χ3v) is 3.28. The molecule has 0 bridgehead atoms. The molecule has 0 aliphatic heterocycles. The van der Waals surface area contributed by atoms with E-state index in [9.17, 15) is 15.0 Å². The molecule has 0 unspecified atom stereocenters. The van der Waals surface area contributed by atoms with Crippen molar-refractivity contribution < 1.29 is 34.0 Å². The molecule has 0 radical (unpaired) electrons. The third kappa shape index (κ3) is 5.23. The quantitative estimate of drug-likeness (QED) is 0.403. The van der Waals surface area contributed by atoms with Gasteiger partial charge in [-0.2, -0.15) is 0 Å². The van der Waals surface area contributed by atoms with Gasteiger partial charge in [0, 0.05) is 26.4 Å². The van der Waals surface area contributed by atoms with Crippen LogP contribution in [0.2, 0.25) is 0 Å². The molecule has 2 aromatic carbocycles. The summed E-state index contributed by atoms with van der Waals surface area (Å²) in [5.41, 5.74) is 0.862. The van der Waals surface area contributed by atoms with Crippen LogP contribution in [0.5, 0.6) is 23.0 Å². The first kappa shape index (κ1) is 19.3. The lowest BCUT2D eigenvalue weighted by atomic mass is 10.1. The lowest BCUT2D eigenvalue weighted by Gasteiger charge is -2.14. The van der Waals surface area contributed by atoms with Crippen molar-refractivity contribution >= 4 is 11.9 Å². The van der Waals surface area contributed by atoms with Gasteiger partial charge in [-0.05, 0) is 23.8 Å². The van der Waals surface area contributed by atoms with Crippen LogP contribution in [0.25, 0.3) is 6.08 Å². The van der Waals surface area contributed by atoms with Crippen molar-refractivity contribution in [1.82, 2.24) is 0 Å². The average molecular weight is 360 g/mol. The van der Waals surface area contributed by atoms with Crippen LogP contribution in [-0.4, -0.2) is 43.8 Å². The van der Waals surface area contributed by atoms with Crippen molar-refractivity contribution in [3.63, 3.8) is 0 Å². The summed E-state index contributed by atoms with van der Waals surface area (Å²) >= 11 is 0. The smallest absolute Gasteiger partial charge is 0.193 e. The van der Waals surface area contributed by atoms with Crippen LogP contribution in [0.3, 0.4) is 0 Å². The SMILES string of the molecule is COCOc1cc(O)cc(OCOC)c1C(=O)C=Cc1ccc(O)cc1. The van der Waals surface area contributed by atoms with Crippen LogP contribution in [0, 0.1) is 0 Å². The normalized spacial score (nSPS) is 10.8. The predicted molar refractivity (Wildman–Crippen MR) is 94.6 cm³/mol. The standard InChI is InChI=1S/C19H20O7/c1-23-11-25-17-9-15(21)10-18(26-12-24-2)19(17)16(22)8-5-13-3-6-14(20)7-4-13/h3-10,20-21H,11-12H2,1-2H3. The Bertz CT molecular complexity index is 737. The van der Waals surface area contributed by atoms with Gasteiger partial charge in [0.2, 0.25) is 0 Å². The Hall–Kier alpha value is -3.03. The van der Waals surface area contributed by atoms with Crippen molar-refractivity contribution in [2.24, 2.45) is 0 Å². The number of methoxy groups -OCH3 is 2. The van der Waals surface area contributed by atoms with E-state index in [2.05, 4.69) is 0 Å². The van der Waals surface area contributed by atoms with Crippen LogP contribution in [0.15, 0.2) is 42.5 Å². The number of ether oxygens (including phenoxy) is 4. The first-order chi connectivity index (χ1) is 12.5. The number of hydrogen-bond donors (Lipinski definition) is 2. The predicted octanol–water partition coefficient (Wildman–Crippen LogP) is 2.96. The third-order valence-electron chi connectivity index (χ3n) is 3.28. The molecule has 0 fully saturated rings. The molecule has 2 N–H and O–H groups in total. The molecule has 0 atom stereocenters. The molecule has 2 rings (SSSR count). The van der Waals surface area contributed by atoms with Gasteiger partial charge in [0.25, 0.3) is 0 Å². The van der Waals surface area contributed by atoms with Gasteiger partial charge in [0.15, 0.2) is 19.4 Å². The van der Waals surface area contributed by atoms with Crippen molar-refractivity contribution in [3.05, 3.63) is 53.6 Å². The summed E-state index contributed by atoms with van der Waals surface area (Å²) in [5, 5.41) is 19.1. The fourth-order valence-corrected chi connectivity index (χ4v) is 2.13. The topological polar surface area (TPSA) is 94.5 Å². The first-order valence-corrected chi connectivity index (χ1v) is 7.67. The Labute approximate surface area is 151 Å². The minimum absolute atomic E-state index is 0.102. The summed E-state index contributed by atoms with van der Waals surface area (Å²) in [6.07, 6.45) is 2.94. The first-order valence-electron chi connectivity index (χ1n) is 7.67. The molecule has 0 saturated heterocycles. The van der Waals surface area contributed by atoms with Crippen LogP contribution >= 0.6 is 0 Å². The highest BCUT2D eigenvalue weighted by atomic mass is 16.7. The number of carbonyl (C=O) groups excluding carboxylic acids is 1. The van der Waals surface area contributed by atoms with Gasteiger partial charge in [-0.3, -0.25) is 4.79 Å². The zero-order valence-electron chi connectivity index (χ0n) is 14.5. The summed E-state index contributed by atoms with van der Waals surface area (Å²) in [4.78, 5) is 12.7. The van der Waals surface area contributed by atoms with Crippen LogP contribution in [-0.2, 0) is 9.47 Å². The molecular weight excluding hydrogens is 340 g/mol. The van der Waals surface area contributed by atoms with E-state index in [-0.39, 0.29) is 42.1 Å². The number of ketones is 1. The van der Waals surface area contributed by atoms with Crippen molar-refractivity contribution in [2.45, 2.75) is 0 Å². The Morgan fingerprint density at radius 1 is 0.923 bits per heavy atom. The Kier molecular flexibility index (Phi) is 7.02. The number of aromatic hydroxyl groups is 2. The molecule has 7 heteroatoms. The highest BCUT2D eigenvalue weighted by Gasteiger charge is 2.19. The van der Waals surface area contributed by atoms with Crippen molar-refractivity contribution in [2.75, 3.05) is 27.8 Å². The Morgan fingerprint density at radius 2 is 1.46 bits per heavy atom. The van der Waals surface area contributed by atoms with Gasteiger partial charge in [0.05, 0.1) is 0 Å². The number of hydrogen-bond acceptors (Lipinski definition) is 7. The van der Waals surface area contributed by atoms with E-state index in [1.807, 2.05) is 0 Å².